The van der Waals surface area contributed by atoms with Gasteiger partial charge < -0.3 is 9.84 Å². The molecule has 0 fully saturated rings. The summed E-state index contributed by atoms with van der Waals surface area (Å²) in [6, 6.07) is 7.44. The van der Waals surface area contributed by atoms with Crippen molar-refractivity contribution >= 4 is 5.97 Å². The Hall–Kier alpha value is -2.30. The third-order valence-corrected chi connectivity index (χ3v) is 3.13. The summed E-state index contributed by atoms with van der Waals surface area (Å²) in [7, 11) is 1.63. The minimum atomic E-state index is -1.02. The summed E-state index contributed by atoms with van der Waals surface area (Å²) < 4.78 is 6.97. The average Bonchev–Trinajstić information content (AvgIpc) is 2.84. The lowest BCUT2D eigenvalue weighted by Gasteiger charge is -2.12. The Bertz CT molecular complexity index is 645. The van der Waals surface area contributed by atoms with Gasteiger partial charge >= 0.3 is 5.97 Å². The van der Waals surface area contributed by atoms with E-state index in [0.29, 0.717) is 0 Å². The first-order valence-corrected chi connectivity index (χ1v) is 6.42. The first kappa shape index (κ1) is 14.1. The highest BCUT2D eigenvalue weighted by molar-refractivity contribution is 5.87. The lowest BCUT2D eigenvalue weighted by atomic mass is 10.1. The van der Waals surface area contributed by atoms with Crippen molar-refractivity contribution in [3.8, 4) is 17.0 Å². The van der Waals surface area contributed by atoms with Crippen molar-refractivity contribution in [3.05, 3.63) is 35.5 Å². The summed E-state index contributed by atoms with van der Waals surface area (Å²) in [5, 5.41) is 13.2. The number of carboxylic acid groups (broad SMARTS) is 1. The van der Waals surface area contributed by atoms with Crippen LogP contribution in [0.1, 0.15) is 35.9 Å². The van der Waals surface area contributed by atoms with Crippen LogP contribution in [-0.4, -0.2) is 28.0 Å². The second kappa shape index (κ2) is 5.36. The number of hydrogen-bond donors (Lipinski definition) is 1. The van der Waals surface area contributed by atoms with Gasteiger partial charge in [-0.25, -0.2) is 4.79 Å². The molecule has 5 heteroatoms. The summed E-state index contributed by atoms with van der Waals surface area (Å²) in [6.07, 6.45) is 0. The molecule has 20 heavy (non-hydrogen) atoms. The third-order valence-electron chi connectivity index (χ3n) is 3.13. The maximum absolute atomic E-state index is 11.1. The Morgan fingerprint density at radius 3 is 2.55 bits per heavy atom. The highest BCUT2D eigenvalue weighted by Crippen LogP contribution is 2.28. The van der Waals surface area contributed by atoms with Crippen molar-refractivity contribution in [2.45, 2.75) is 26.8 Å². The van der Waals surface area contributed by atoms with Crippen LogP contribution in [0.2, 0.25) is 0 Å². The maximum Gasteiger partial charge on any atom is 0.356 e. The highest BCUT2D eigenvalue weighted by Gasteiger charge is 2.16. The molecule has 0 aliphatic rings. The van der Waals surface area contributed by atoms with Crippen LogP contribution in [-0.2, 0) is 0 Å². The third kappa shape index (κ3) is 2.52. The van der Waals surface area contributed by atoms with E-state index in [9.17, 15) is 4.79 Å². The topological polar surface area (TPSA) is 64.3 Å². The van der Waals surface area contributed by atoms with Gasteiger partial charge in [0.1, 0.15) is 5.75 Å². The molecule has 0 bridgehead atoms. The van der Waals surface area contributed by atoms with Gasteiger partial charge in [-0.3, -0.25) is 4.68 Å². The second-order valence-corrected chi connectivity index (χ2v) is 4.94. The van der Waals surface area contributed by atoms with Crippen molar-refractivity contribution in [1.82, 2.24) is 9.78 Å². The van der Waals surface area contributed by atoms with E-state index in [1.807, 2.05) is 39.0 Å². The Kier molecular flexibility index (Phi) is 3.79. The van der Waals surface area contributed by atoms with Crippen LogP contribution in [0.5, 0.6) is 5.75 Å². The number of hydrogen-bond acceptors (Lipinski definition) is 3. The molecule has 0 aliphatic carbocycles. The summed E-state index contributed by atoms with van der Waals surface area (Å²) >= 11 is 0. The number of carbonyl (C=O) groups is 1. The Morgan fingerprint density at radius 1 is 1.35 bits per heavy atom. The Balaban J connectivity index is 2.56. The second-order valence-electron chi connectivity index (χ2n) is 4.94. The molecule has 106 valence electrons. The summed E-state index contributed by atoms with van der Waals surface area (Å²) in [5.74, 6) is -0.210. The van der Waals surface area contributed by atoms with E-state index >= 15 is 0 Å². The van der Waals surface area contributed by atoms with Crippen molar-refractivity contribution in [2.75, 3.05) is 7.11 Å². The molecule has 1 N–H and O–H groups in total. The molecular formula is C15H18N2O3. The fourth-order valence-electron chi connectivity index (χ4n) is 2.15. The predicted octanol–water partition coefficient (Wildman–Crippen LogP) is 3.15. The van der Waals surface area contributed by atoms with Crippen LogP contribution < -0.4 is 4.74 Å². The Morgan fingerprint density at radius 2 is 2.05 bits per heavy atom. The molecule has 0 atom stereocenters. The van der Waals surface area contributed by atoms with E-state index in [-0.39, 0.29) is 11.7 Å². The molecule has 1 aromatic carbocycles. The number of methoxy groups -OCH3 is 1. The molecule has 0 radical (unpaired) electrons. The number of nitrogens with zero attached hydrogens (tertiary/aromatic N) is 2. The lowest BCUT2D eigenvalue weighted by Crippen LogP contribution is -2.06. The summed E-state index contributed by atoms with van der Waals surface area (Å²) in [4.78, 5) is 11.1. The molecule has 0 aliphatic heterocycles. The summed E-state index contributed by atoms with van der Waals surface area (Å²) in [6.45, 7) is 5.90. The van der Waals surface area contributed by atoms with E-state index < -0.39 is 5.97 Å². The van der Waals surface area contributed by atoms with Crippen LogP contribution in [0.25, 0.3) is 11.3 Å². The van der Waals surface area contributed by atoms with E-state index in [1.165, 1.54) is 0 Å². The van der Waals surface area contributed by atoms with Crippen molar-refractivity contribution < 1.29 is 14.6 Å². The molecule has 1 heterocycles. The molecule has 0 saturated carbocycles. The molecule has 2 aromatic rings. The Labute approximate surface area is 117 Å². The molecule has 0 spiro atoms. The van der Waals surface area contributed by atoms with E-state index in [0.717, 1.165) is 22.6 Å². The normalized spacial score (nSPS) is 10.8. The summed E-state index contributed by atoms with van der Waals surface area (Å²) in [5.41, 5.74) is 2.78. The minimum absolute atomic E-state index is 0.0576. The number of ether oxygens (including phenoxy) is 1. The fourth-order valence-corrected chi connectivity index (χ4v) is 2.15. The SMILES string of the molecule is COc1ccc(-c2cc(C(=O)O)nn2C(C)C)cc1C. The molecule has 5 nitrogen and oxygen atoms in total. The van der Waals surface area contributed by atoms with Gasteiger partial charge in [0.15, 0.2) is 5.69 Å². The quantitative estimate of drug-likeness (QED) is 0.930. The molecule has 1 aromatic heterocycles. The van der Waals surface area contributed by atoms with Crippen molar-refractivity contribution in [3.63, 3.8) is 0 Å². The number of aryl methyl sites for hydroxylation is 1. The molecule has 0 unspecified atom stereocenters. The molecule has 2 rings (SSSR count). The van der Waals surface area contributed by atoms with Crippen LogP contribution in [0, 0.1) is 6.92 Å². The van der Waals surface area contributed by atoms with Crippen LogP contribution in [0.15, 0.2) is 24.3 Å². The minimum Gasteiger partial charge on any atom is -0.496 e. The van der Waals surface area contributed by atoms with E-state index in [4.69, 9.17) is 9.84 Å². The van der Waals surface area contributed by atoms with Crippen LogP contribution >= 0.6 is 0 Å². The van der Waals surface area contributed by atoms with E-state index in [2.05, 4.69) is 5.10 Å². The van der Waals surface area contributed by atoms with Crippen LogP contribution in [0.3, 0.4) is 0 Å². The number of carboxylic acids is 1. The zero-order valence-electron chi connectivity index (χ0n) is 12.0. The van der Waals surface area contributed by atoms with Gasteiger partial charge in [-0.15, -0.1) is 0 Å². The zero-order chi connectivity index (χ0) is 14.9. The van der Waals surface area contributed by atoms with Gasteiger partial charge in [0.25, 0.3) is 0 Å². The predicted molar refractivity (Wildman–Crippen MR) is 76.3 cm³/mol. The van der Waals surface area contributed by atoms with Gasteiger partial charge in [-0.05, 0) is 50.6 Å². The lowest BCUT2D eigenvalue weighted by molar-refractivity contribution is 0.0689. The monoisotopic (exact) mass is 274 g/mol. The van der Waals surface area contributed by atoms with E-state index in [1.54, 1.807) is 17.9 Å². The van der Waals surface area contributed by atoms with Gasteiger partial charge in [0.2, 0.25) is 0 Å². The smallest absolute Gasteiger partial charge is 0.356 e. The average molecular weight is 274 g/mol. The zero-order valence-corrected chi connectivity index (χ0v) is 12.0. The van der Waals surface area contributed by atoms with Gasteiger partial charge in [0, 0.05) is 11.6 Å². The first-order chi connectivity index (χ1) is 9.43. The number of aromatic nitrogens is 2. The van der Waals surface area contributed by atoms with Crippen molar-refractivity contribution in [2.24, 2.45) is 0 Å². The van der Waals surface area contributed by atoms with Gasteiger partial charge in [0.05, 0.1) is 12.8 Å². The molecule has 0 saturated heterocycles. The maximum atomic E-state index is 11.1. The highest BCUT2D eigenvalue weighted by atomic mass is 16.5. The number of benzene rings is 1. The first-order valence-electron chi connectivity index (χ1n) is 6.42. The van der Waals surface area contributed by atoms with Crippen LogP contribution in [0.4, 0.5) is 0 Å². The number of rotatable bonds is 4. The van der Waals surface area contributed by atoms with Gasteiger partial charge in [-0.1, -0.05) is 0 Å². The van der Waals surface area contributed by atoms with Crippen molar-refractivity contribution in [1.29, 1.82) is 0 Å². The van der Waals surface area contributed by atoms with Gasteiger partial charge in [-0.2, -0.15) is 5.10 Å². The number of aromatic carboxylic acids is 1. The molecular weight excluding hydrogens is 256 g/mol. The molecule has 0 amide bonds. The standard InChI is InChI=1S/C15H18N2O3/c1-9(2)17-13(8-12(16-17)15(18)19)11-5-6-14(20-4)10(3)7-11/h5-9H,1-4H3,(H,18,19). The largest absolute Gasteiger partial charge is 0.496 e. The fraction of sp³-hybridized carbons (Fsp3) is 0.333.